The van der Waals surface area contributed by atoms with Crippen molar-refractivity contribution < 1.29 is 14.3 Å². The highest BCUT2D eigenvalue weighted by Gasteiger charge is 2.12. The van der Waals surface area contributed by atoms with Crippen molar-refractivity contribution in [1.82, 2.24) is 0 Å². The number of ether oxygens (including phenoxy) is 1. The molecule has 11 heavy (non-hydrogen) atoms. The zero-order valence-electron chi connectivity index (χ0n) is 7.22. The Hall–Kier alpha value is -0.860. The quantitative estimate of drug-likeness (QED) is 0.462. The van der Waals surface area contributed by atoms with Crippen LogP contribution in [0, 0.1) is 5.92 Å². The molecule has 0 saturated heterocycles. The predicted molar refractivity (Wildman–Crippen MR) is 40.8 cm³/mol. The topological polar surface area (TPSA) is 43.4 Å². The number of esters is 2. The molecule has 64 valence electrons. The van der Waals surface area contributed by atoms with E-state index < -0.39 is 11.9 Å². The lowest BCUT2D eigenvalue weighted by atomic mass is 10.2. The molecule has 0 aromatic rings. The van der Waals surface area contributed by atoms with Crippen LogP contribution in [0.3, 0.4) is 0 Å². The molecule has 0 heterocycles. The summed E-state index contributed by atoms with van der Waals surface area (Å²) in [6.45, 7) is 5.25. The molecule has 3 nitrogen and oxygen atoms in total. The van der Waals surface area contributed by atoms with Crippen molar-refractivity contribution in [3.63, 3.8) is 0 Å². The standard InChI is InChI=1S/C8H14O3/c1-4-5-7(9)11-8(10)6(2)3/h6H,4-5H2,1-3H3. The predicted octanol–water partition coefficient (Wildman–Crippen LogP) is 1.51. The molecule has 3 heteroatoms. The van der Waals surface area contributed by atoms with E-state index in [1.165, 1.54) is 0 Å². The van der Waals surface area contributed by atoms with Crippen LogP contribution in [0.1, 0.15) is 33.6 Å². The Balaban J connectivity index is 3.67. The van der Waals surface area contributed by atoms with E-state index >= 15 is 0 Å². The van der Waals surface area contributed by atoms with Crippen LogP contribution in [0.4, 0.5) is 0 Å². The molecule has 0 atom stereocenters. The number of hydrogen-bond acceptors (Lipinski definition) is 3. The van der Waals surface area contributed by atoms with E-state index in [-0.39, 0.29) is 5.92 Å². The van der Waals surface area contributed by atoms with Crippen molar-refractivity contribution in [2.24, 2.45) is 5.92 Å². The summed E-state index contributed by atoms with van der Waals surface area (Å²) >= 11 is 0. The lowest BCUT2D eigenvalue weighted by Crippen LogP contribution is -2.16. The van der Waals surface area contributed by atoms with Gasteiger partial charge < -0.3 is 4.74 Å². The summed E-state index contributed by atoms with van der Waals surface area (Å²) in [5.74, 6) is -1.09. The average Bonchev–Trinajstić information content (AvgIpc) is 1.87. The van der Waals surface area contributed by atoms with Gasteiger partial charge in [-0.1, -0.05) is 20.8 Å². The molecule has 0 aliphatic carbocycles. The fourth-order valence-electron chi connectivity index (χ4n) is 0.485. The molecule has 0 radical (unpaired) electrons. The highest BCUT2D eigenvalue weighted by atomic mass is 16.6. The van der Waals surface area contributed by atoms with Gasteiger partial charge in [0.15, 0.2) is 0 Å². The number of hydrogen-bond donors (Lipinski definition) is 0. The van der Waals surface area contributed by atoms with Gasteiger partial charge in [0.05, 0.1) is 5.92 Å². The second kappa shape index (κ2) is 4.88. The van der Waals surface area contributed by atoms with E-state index in [1.807, 2.05) is 6.92 Å². The largest absolute Gasteiger partial charge is 0.393 e. The third-order valence-electron chi connectivity index (χ3n) is 1.14. The van der Waals surface area contributed by atoms with Crippen molar-refractivity contribution in [2.45, 2.75) is 33.6 Å². The van der Waals surface area contributed by atoms with Crippen LogP contribution < -0.4 is 0 Å². The molecule has 0 fully saturated rings. The van der Waals surface area contributed by atoms with E-state index in [0.717, 1.165) is 0 Å². The van der Waals surface area contributed by atoms with Crippen LogP contribution >= 0.6 is 0 Å². The minimum absolute atomic E-state index is 0.226. The molecular weight excluding hydrogens is 144 g/mol. The van der Waals surface area contributed by atoms with Crippen molar-refractivity contribution in [2.75, 3.05) is 0 Å². The normalized spacial score (nSPS) is 9.82. The van der Waals surface area contributed by atoms with Crippen LogP contribution in [0.15, 0.2) is 0 Å². The number of carbonyl (C=O) groups excluding carboxylic acids is 2. The van der Waals surface area contributed by atoms with Crippen LogP contribution in [0.2, 0.25) is 0 Å². The number of rotatable bonds is 3. The molecule has 0 amide bonds. The number of carbonyl (C=O) groups is 2. The molecule has 0 rings (SSSR count). The van der Waals surface area contributed by atoms with E-state index in [9.17, 15) is 9.59 Å². The highest BCUT2D eigenvalue weighted by Crippen LogP contribution is 1.98. The summed E-state index contributed by atoms with van der Waals surface area (Å²) in [4.78, 5) is 21.5. The second-order valence-corrected chi connectivity index (χ2v) is 2.70. The molecule has 0 saturated carbocycles. The van der Waals surface area contributed by atoms with Crippen molar-refractivity contribution in [3.8, 4) is 0 Å². The lowest BCUT2D eigenvalue weighted by molar-refractivity contribution is -0.161. The summed E-state index contributed by atoms with van der Waals surface area (Å²) in [7, 11) is 0. The molecule has 0 aliphatic heterocycles. The van der Waals surface area contributed by atoms with Crippen LogP contribution in [0.25, 0.3) is 0 Å². The van der Waals surface area contributed by atoms with Gasteiger partial charge in [0.2, 0.25) is 0 Å². The Morgan fingerprint density at radius 1 is 1.36 bits per heavy atom. The van der Waals surface area contributed by atoms with Crippen LogP contribution in [-0.4, -0.2) is 11.9 Å². The van der Waals surface area contributed by atoms with E-state index in [0.29, 0.717) is 12.8 Å². The zero-order chi connectivity index (χ0) is 8.85. The molecule has 0 aliphatic rings. The van der Waals surface area contributed by atoms with Crippen molar-refractivity contribution in [3.05, 3.63) is 0 Å². The van der Waals surface area contributed by atoms with Gasteiger partial charge in [-0.05, 0) is 6.42 Å². The maximum absolute atomic E-state index is 10.8. The van der Waals surface area contributed by atoms with Crippen LogP contribution in [0.5, 0.6) is 0 Å². The first kappa shape index (κ1) is 10.1. The fraction of sp³-hybridized carbons (Fsp3) is 0.750. The van der Waals surface area contributed by atoms with E-state index in [4.69, 9.17) is 0 Å². The molecule has 0 unspecified atom stereocenters. The Morgan fingerprint density at radius 2 is 1.91 bits per heavy atom. The minimum atomic E-state index is -0.441. The molecule has 0 aromatic heterocycles. The maximum Gasteiger partial charge on any atom is 0.316 e. The third-order valence-corrected chi connectivity index (χ3v) is 1.14. The highest BCUT2D eigenvalue weighted by molar-refractivity contribution is 5.86. The smallest absolute Gasteiger partial charge is 0.316 e. The SMILES string of the molecule is CCCC(=O)OC(=O)C(C)C. The van der Waals surface area contributed by atoms with Gasteiger partial charge in [0.25, 0.3) is 0 Å². The second-order valence-electron chi connectivity index (χ2n) is 2.70. The first-order chi connectivity index (χ1) is 5.07. The van der Waals surface area contributed by atoms with Gasteiger partial charge in [-0.2, -0.15) is 0 Å². The van der Waals surface area contributed by atoms with E-state index in [2.05, 4.69) is 4.74 Å². The minimum Gasteiger partial charge on any atom is -0.393 e. The Labute approximate surface area is 66.7 Å². The van der Waals surface area contributed by atoms with Gasteiger partial charge in [0, 0.05) is 6.42 Å². The summed E-state index contributed by atoms with van der Waals surface area (Å²) in [6.07, 6.45) is 1.03. The Kier molecular flexibility index (Phi) is 4.50. The molecule has 0 aromatic carbocycles. The molecular formula is C8H14O3. The summed E-state index contributed by atoms with van der Waals surface area (Å²) in [5.41, 5.74) is 0. The molecule has 0 N–H and O–H groups in total. The van der Waals surface area contributed by atoms with Gasteiger partial charge in [-0.3, -0.25) is 9.59 Å². The monoisotopic (exact) mass is 158 g/mol. The first-order valence-electron chi connectivity index (χ1n) is 3.82. The van der Waals surface area contributed by atoms with Crippen molar-refractivity contribution in [1.29, 1.82) is 0 Å². The zero-order valence-corrected chi connectivity index (χ0v) is 7.22. The van der Waals surface area contributed by atoms with Gasteiger partial charge >= 0.3 is 11.9 Å². The summed E-state index contributed by atoms with van der Waals surface area (Å²) in [5, 5.41) is 0. The Morgan fingerprint density at radius 3 is 2.27 bits per heavy atom. The summed E-state index contributed by atoms with van der Waals surface area (Å²) < 4.78 is 4.47. The summed E-state index contributed by atoms with van der Waals surface area (Å²) in [6, 6.07) is 0. The average molecular weight is 158 g/mol. The van der Waals surface area contributed by atoms with Crippen LogP contribution in [-0.2, 0) is 14.3 Å². The first-order valence-corrected chi connectivity index (χ1v) is 3.82. The van der Waals surface area contributed by atoms with Gasteiger partial charge in [-0.25, -0.2) is 0 Å². The molecule has 0 spiro atoms. The fourth-order valence-corrected chi connectivity index (χ4v) is 0.485. The maximum atomic E-state index is 10.8. The third kappa shape index (κ3) is 4.53. The molecule has 0 bridgehead atoms. The Bertz CT molecular complexity index is 149. The van der Waals surface area contributed by atoms with E-state index in [1.54, 1.807) is 13.8 Å². The van der Waals surface area contributed by atoms with Crippen molar-refractivity contribution >= 4 is 11.9 Å². The van der Waals surface area contributed by atoms with Gasteiger partial charge in [0.1, 0.15) is 0 Å². The van der Waals surface area contributed by atoms with Gasteiger partial charge in [-0.15, -0.1) is 0 Å². The lowest BCUT2D eigenvalue weighted by Gasteiger charge is -2.03.